The third kappa shape index (κ3) is 3.48. The number of hydrogen-bond acceptors (Lipinski definition) is 3. The highest BCUT2D eigenvalue weighted by molar-refractivity contribution is 5.47. The molecular formula is C14H16N2O. The Morgan fingerprint density at radius 3 is 2.41 bits per heavy atom. The van der Waals surface area contributed by atoms with Gasteiger partial charge in [-0.25, -0.2) is 4.98 Å². The first-order valence-electron chi connectivity index (χ1n) is 5.69. The van der Waals surface area contributed by atoms with Gasteiger partial charge in [-0.15, -0.1) is 0 Å². The Morgan fingerprint density at radius 1 is 1.06 bits per heavy atom. The summed E-state index contributed by atoms with van der Waals surface area (Å²) in [5, 5.41) is 3.32. The Balaban J connectivity index is 2.03. The maximum absolute atomic E-state index is 5.60. The predicted octanol–water partition coefficient (Wildman–Crippen LogP) is 3.69. The van der Waals surface area contributed by atoms with Crippen LogP contribution in [0.2, 0.25) is 0 Å². The summed E-state index contributed by atoms with van der Waals surface area (Å²) in [4.78, 5) is 4.11. The molecular weight excluding hydrogens is 212 g/mol. The van der Waals surface area contributed by atoms with Gasteiger partial charge < -0.3 is 10.1 Å². The van der Waals surface area contributed by atoms with Crippen LogP contribution < -0.4 is 10.1 Å². The SMILES string of the molecule is CC(C)Nc1ccc(Oc2ccccn2)cc1. The lowest BCUT2D eigenvalue weighted by atomic mass is 10.2. The molecule has 2 rings (SSSR count). The zero-order chi connectivity index (χ0) is 12.1. The van der Waals surface area contributed by atoms with Crippen LogP contribution in [0.3, 0.4) is 0 Å². The predicted molar refractivity (Wildman–Crippen MR) is 69.5 cm³/mol. The first-order valence-corrected chi connectivity index (χ1v) is 5.69. The number of ether oxygens (including phenoxy) is 1. The van der Waals surface area contributed by atoms with E-state index in [2.05, 4.69) is 24.1 Å². The summed E-state index contributed by atoms with van der Waals surface area (Å²) in [7, 11) is 0. The smallest absolute Gasteiger partial charge is 0.219 e. The molecule has 1 aromatic carbocycles. The second-order valence-corrected chi connectivity index (χ2v) is 4.09. The first-order chi connectivity index (χ1) is 8.24. The van der Waals surface area contributed by atoms with Crippen molar-refractivity contribution in [2.75, 3.05) is 5.32 Å². The van der Waals surface area contributed by atoms with Crippen LogP contribution in [0.5, 0.6) is 11.6 Å². The molecule has 0 unspecified atom stereocenters. The molecule has 0 aliphatic rings. The molecule has 3 heteroatoms. The standard InChI is InChI=1S/C14H16N2O/c1-11(2)16-12-6-8-13(9-7-12)17-14-5-3-4-10-15-14/h3-11,16H,1-2H3. The summed E-state index contributed by atoms with van der Waals surface area (Å²) < 4.78 is 5.60. The van der Waals surface area contributed by atoms with Crippen molar-refractivity contribution < 1.29 is 4.74 Å². The maximum atomic E-state index is 5.60. The molecule has 17 heavy (non-hydrogen) atoms. The molecule has 2 aromatic rings. The summed E-state index contributed by atoms with van der Waals surface area (Å²) in [6, 6.07) is 13.9. The van der Waals surface area contributed by atoms with Gasteiger partial charge in [-0.05, 0) is 44.2 Å². The number of nitrogens with one attached hydrogen (secondary N) is 1. The molecule has 88 valence electrons. The highest BCUT2D eigenvalue weighted by atomic mass is 16.5. The van der Waals surface area contributed by atoms with Crippen molar-refractivity contribution in [3.8, 4) is 11.6 Å². The Labute approximate surface area is 101 Å². The number of pyridine rings is 1. The fourth-order valence-electron chi connectivity index (χ4n) is 1.48. The zero-order valence-electron chi connectivity index (χ0n) is 10.1. The molecule has 0 spiro atoms. The second-order valence-electron chi connectivity index (χ2n) is 4.09. The summed E-state index contributed by atoms with van der Waals surface area (Å²) >= 11 is 0. The summed E-state index contributed by atoms with van der Waals surface area (Å²) in [5.74, 6) is 1.40. The number of anilines is 1. The van der Waals surface area contributed by atoms with E-state index >= 15 is 0 Å². The number of benzene rings is 1. The molecule has 0 fully saturated rings. The number of hydrogen-bond donors (Lipinski definition) is 1. The summed E-state index contributed by atoms with van der Waals surface area (Å²) in [6.45, 7) is 4.22. The maximum Gasteiger partial charge on any atom is 0.219 e. The van der Waals surface area contributed by atoms with Gasteiger partial charge >= 0.3 is 0 Å². The topological polar surface area (TPSA) is 34.1 Å². The third-order valence-electron chi connectivity index (χ3n) is 2.17. The van der Waals surface area contributed by atoms with Crippen LogP contribution in [0.4, 0.5) is 5.69 Å². The van der Waals surface area contributed by atoms with E-state index in [1.807, 2.05) is 42.5 Å². The van der Waals surface area contributed by atoms with Crippen molar-refractivity contribution in [1.29, 1.82) is 0 Å². The molecule has 1 heterocycles. The van der Waals surface area contributed by atoms with Crippen molar-refractivity contribution in [2.24, 2.45) is 0 Å². The highest BCUT2D eigenvalue weighted by Gasteiger charge is 1.99. The molecule has 1 N–H and O–H groups in total. The van der Waals surface area contributed by atoms with Gasteiger partial charge in [-0.3, -0.25) is 0 Å². The van der Waals surface area contributed by atoms with Crippen molar-refractivity contribution >= 4 is 5.69 Å². The molecule has 3 nitrogen and oxygen atoms in total. The van der Waals surface area contributed by atoms with Crippen molar-refractivity contribution in [2.45, 2.75) is 19.9 Å². The van der Waals surface area contributed by atoms with E-state index in [-0.39, 0.29) is 0 Å². The van der Waals surface area contributed by atoms with E-state index < -0.39 is 0 Å². The fourth-order valence-corrected chi connectivity index (χ4v) is 1.48. The van der Waals surface area contributed by atoms with Gasteiger partial charge in [0.05, 0.1) is 0 Å². The van der Waals surface area contributed by atoms with Crippen LogP contribution in [0, 0.1) is 0 Å². The second kappa shape index (κ2) is 5.34. The van der Waals surface area contributed by atoms with E-state index in [9.17, 15) is 0 Å². The minimum absolute atomic E-state index is 0.428. The van der Waals surface area contributed by atoms with E-state index in [0.29, 0.717) is 11.9 Å². The van der Waals surface area contributed by atoms with Crippen LogP contribution in [0.25, 0.3) is 0 Å². The molecule has 0 saturated carbocycles. The van der Waals surface area contributed by atoms with Crippen molar-refractivity contribution in [3.05, 3.63) is 48.7 Å². The summed E-state index contributed by atoms with van der Waals surface area (Å²) in [5.41, 5.74) is 1.09. The van der Waals surface area contributed by atoms with Crippen LogP contribution >= 0.6 is 0 Å². The van der Waals surface area contributed by atoms with Crippen LogP contribution in [0.1, 0.15) is 13.8 Å². The normalized spacial score (nSPS) is 10.3. The zero-order valence-corrected chi connectivity index (χ0v) is 10.1. The molecule has 0 saturated heterocycles. The van der Waals surface area contributed by atoms with Gasteiger partial charge in [0, 0.05) is 24.0 Å². The third-order valence-corrected chi connectivity index (χ3v) is 2.17. The van der Waals surface area contributed by atoms with Gasteiger partial charge in [0.1, 0.15) is 5.75 Å². The lowest BCUT2D eigenvalue weighted by Gasteiger charge is -2.10. The van der Waals surface area contributed by atoms with Crippen LogP contribution in [-0.2, 0) is 0 Å². The number of rotatable bonds is 4. The lowest BCUT2D eigenvalue weighted by Crippen LogP contribution is -2.09. The van der Waals surface area contributed by atoms with Gasteiger partial charge in [0.15, 0.2) is 0 Å². The Hall–Kier alpha value is -2.03. The molecule has 0 radical (unpaired) electrons. The van der Waals surface area contributed by atoms with Crippen LogP contribution in [0.15, 0.2) is 48.7 Å². The van der Waals surface area contributed by atoms with E-state index in [4.69, 9.17) is 4.74 Å². The molecule has 0 aliphatic heterocycles. The average Bonchev–Trinajstić information content (AvgIpc) is 2.32. The largest absolute Gasteiger partial charge is 0.439 e. The van der Waals surface area contributed by atoms with Gasteiger partial charge in [-0.2, -0.15) is 0 Å². The minimum Gasteiger partial charge on any atom is -0.439 e. The molecule has 0 amide bonds. The first kappa shape index (κ1) is 11.5. The van der Waals surface area contributed by atoms with Crippen molar-refractivity contribution in [1.82, 2.24) is 4.98 Å². The Bertz CT molecular complexity index is 451. The quantitative estimate of drug-likeness (QED) is 0.866. The Kier molecular flexibility index (Phi) is 3.60. The van der Waals surface area contributed by atoms with Crippen molar-refractivity contribution in [3.63, 3.8) is 0 Å². The monoisotopic (exact) mass is 228 g/mol. The molecule has 0 atom stereocenters. The Morgan fingerprint density at radius 2 is 1.82 bits per heavy atom. The van der Waals surface area contributed by atoms with E-state index in [1.54, 1.807) is 6.20 Å². The summed E-state index contributed by atoms with van der Waals surface area (Å²) in [6.07, 6.45) is 1.71. The molecule has 1 aromatic heterocycles. The number of nitrogens with zero attached hydrogens (tertiary/aromatic N) is 1. The van der Waals surface area contributed by atoms with E-state index in [0.717, 1.165) is 11.4 Å². The number of aromatic nitrogens is 1. The average molecular weight is 228 g/mol. The molecule has 0 bridgehead atoms. The van der Waals surface area contributed by atoms with Crippen LogP contribution in [-0.4, -0.2) is 11.0 Å². The van der Waals surface area contributed by atoms with E-state index in [1.165, 1.54) is 0 Å². The highest BCUT2D eigenvalue weighted by Crippen LogP contribution is 2.21. The van der Waals surface area contributed by atoms with Gasteiger partial charge in [0.25, 0.3) is 0 Å². The van der Waals surface area contributed by atoms with Gasteiger partial charge in [0.2, 0.25) is 5.88 Å². The lowest BCUT2D eigenvalue weighted by molar-refractivity contribution is 0.463. The fraction of sp³-hybridized carbons (Fsp3) is 0.214. The minimum atomic E-state index is 0.428. The van der Waals surface area contributed by atoms with Gasteiger partial charge in [-0.1, -0.05) is 6.07 Å². The molecule has 0 aliphatic carbocycles.